The average Bonchev–Trinajstić information content (AvgIpc) is 3.12. The smallest absolute Gasteiger partial charge is 0.242 e. The van der Waals surface area contributed by atoms with E-state index in [0.29, 0.717) is 31.2 Å². The number of aryl methyl sites for hydroxylation is 2. The highest BCUT2D eigenvalue weighted by molar-refractivity contribution is 6.30. The minimum Gasteiger partial charge on any atom is -0.357 e. The molecule has 1 amide bonds. The number of piperazine rings is 1. The van der Waals surface area contributed by atoms with Crippen molar-refractivity contribution in [1.29, 1.82) is 0 Å². The fourth-order valence-corrected chi connectivity index (χ4v) is 3.50. The zero-order chi connectivity index (χ0) is 20.6. The van der Waals surface area contributed by atoms with Gasteiger partial charge >= 0.3 is 0 Å². The van der Waals surface area contributed by atoms with Crippen LogP contribution in [-0.2, 0) is 17.8 Å². The van der Waals surface area contributed by atoms with Crippen molar-refractivity contribution in [2.45, 2.75) is 33.2 Å². The van der Waals surface area contributed by atoms with Crippen LogP contribution >= 0.6 is 11.6 Å². The first kappa shape index (κ1) is 21.2. The molecular weight excluding hydrogens is 388 g/mol. The Morgan fingerprint density at radius 1 is 1.31 bits per heavy atom. The second-order valence-corrected chi connectivity index (χ2v) is 7.66. The number of aliphatic imine (C=N–C) groups is 1. The highest BCUT2D eigenvalue weighted by atomic mass is 35.5. The summed E-state index contributed by atoms with van der Waals surface area (Å²) < 4.78 is 0. The van der Waals surface area contributed by atoms with Crippen LogP contribution in [0.5, 0.6) is 0 Å². The molecule has 1 aromatic carbocycles. The zero-order valence-corrected chi connectivity index (χ0v) is 17.9. The van der Waals surface area contributed by atoms with Gasteiger partial charge in [-0.15, -0.1) is 0 Å². The number of amides is 1. The molecule has 7 nitrogen and oxygen atoms in total. The van der Waals surface area contributed by atoms with Crippen molar-refractivity contribution < 1.29 is 4.79 Å². The number of carbonyl (C=O) groups excluding carboxylic acids is 1. The quantitative estimate of drug-likeness (QED) is 0.413. The number of nitrogens with zero attached hydrogens (tertiary/aromatic N) is 4. The lowest BCUT2D eigenvalue weighted by atomic mass is 10.1. The second kappa shape index (κ2) is 10.3. The van der Waals surface area contributed by atoms with Crippen molar-refractivity contribution >= 4 is 23.5 Å². The minimum atomic E-state index is 0.117. The molecule has 156 valence electrons. The van der Waals surface area contributed by atoms with Crippen LogP contribution in [0.25, 0.3) is 0 Å². The highest BCUT2D eigenvalue weighted by Crippen LogP contribution is 2.14. The van der Waals surface area contributed by atoms with E-state index in [0.717, 1.165) is 43.1 Å². The number of halogens is 1. The third-order valence-electron chi connectivity index (χ3n) is 5.04. The Morgan fingerprint density at radius 2 is 2.10 bits per heavy atom. The molecule has 0 bridgehead atoms. The number of aromatic nitrogens is 2. The van der Waals surface area contributed by atoms with Crippen LogP contribution in [0.2, 0.25) is 5.02 Å². The summed E-state index contributed by atoms with van der Waals surface area (Å²) in [7, 11) is 0. The van der Waals surface area contributed by atoms with Gasteiger partial charge in [0.25, 0.3) is 0 Å². The number of benzene rings is 1. The monoisotopic (exact) mass is 416 g/mol. The van der Waals surface area contributed by atoms with Crippen LogP contribution in [-0.4, -0.2) is 64.6 Å². The lowest BCUT2D eigenvalue weighted by molar-refractivity contribution is -0.135. The van der Waals surface area contributed by atoms with Crippen molar-refractivity contribution in [3.63, 3.8) is 0 Å². The Morgan fingerprint density at radius 3 is 2.76 bits per heavy atom. The van der Waals surface area contributed by atoms with E-state index >= 15 is 0 Å². The number of rotatable bonds is 7. The number of nitrogens with one attached hydrogen (secondary N) is 2. The van der Waals surface area contributed by atoms with Crippen LogP contribution in [0.4, 0.5) is 0 Å². The van der Waals surface area contributed by atoms with Crippen LogP contribution in [0, 0.1) is 6.92 Å². The fourth-order valence-electron chi connectivity index (χ4n) is 3.37. The van der Waals surface area contributed by atoms with E-state index in [1.807, 2.05) is 54.1 Å². The molecule has 1 saturated heterocycles. The molecule has 1 aliphatic rings. The first-order chi connectivity index (χ1) is 14.1. The molecule has 29 heavy (non-hydrogen) atoms. The maximum absolute atomic E-state index is 12.7. The number of carbonyl (C=O) groups is 1. The molecule has 0 unspecified atom stereocenters. The molecule has 2 N–H and O–H groups in total. The van der Waals surface area contributed by atoms with Gasteiger partial charge in [-0.25, -0.2) is 0 Å². The van der Waals surface area contributed by atoms with Gasteiger partial charge in [-0.3, -0.25) is 14.9 Å². The number of guanidine groups is 1. The van der Waals surface area contributed by atoms with Crippen molar-refractivity contribution in [2.75, 3.05) is 32.7 Å². The van der Waals surface area contributed by atoms with E-state index in [4.69, 9.17) is 16.6 Å². The molecule has 1 aromatic heterocycles. The first-order valence-electron chi connectivity index (χ1n) is 10.1. The van der Waals surface area contributed by atoms with E-state index < -0.39 is 0 Å². The van der Waals surface area contributed by atoms with Gasteiger partial charge in [-0.05, 0) is 49.9 Å². The lowest BCUT2D eigenvalue weighted by Crippen LogP contribution is -2.55. The predicted octanol–water partition coefficient (Wildman–Crippen LogP) is 2.61. The maximum atomic E-state index is 12.7. The van der Waals surface area contributed by atoms with E-state index in [9.17, 15) is 4.79 Å². The Hall–Kier alpha value is -2.54. The van der Waals surface area contributed by atoms with Crippen LogP contribution in [0.1, 0.15) is 30.2 Å². The van der Waals surface area contributed by atoms with E-state index in [1.54, 1.807) is 0 Å². The van der Waals surface area contributed by atoms with Gasteiger partial charge in [-0.2, -0.15) is 5.10 Å². The van der Waals surface area contributed by atoms with E-state index in [2.05, 4.69) is 15.5 Å². The molecule has 0 atom stereocenters. The zero-order valence-electron chi connectivity index (χ0n) is 17.1. The summed E-state index contributed by atoms with van der Waals surface area (Å²) >= 11 is 5.94. The van der Waals surface area contributed by atoms with E-state index in [-0.39, 0.29) is 5.91 Å². The van der Waals surface area contributed by atoms with Gasteiger partial charge in [0.2, 0.25) is 5.91 Å². The Bertz CT molecular complexity index is 832. The van der Waals surface area contributed by atoms with Gasteiger partial charge < -0.3 is 15.1 Å². The van der Waals surface area contributed by atoms with Gasteiger partial charge in [0, 0.05) is 43.4 Å². The minimum absolute atomic E-state index is 0.117. The number of aromatic amines is 1. The molecule has 0 saturated carbocycles. The molecule has 1 fully saturated rings. The lowest BCUT2D eigenvalue weighted by Gasteiger charge is -2.36. The second-order valence-electron chi connectivity index (χ2n) is 7.22. The Kier molecular flexibility index (Phi) is 7.52. The molecule has 8 heteroatoms. The molecular formula is C21H29ClN6O. The summed E-state index contributed by atoms with van der Waals surface area (Å²) in [6.45, 7) is 7.98. The van der Waals surface area contributed by atoms with Crippen LogP contribution in [0.3, 0.4) is 0 Å². The summed E-state index contributed by atoms with van der Waals surface area (Å²) in [6.07, 6.45) is 3.77. The summed E-state index contributed by atoms with van der Waals surface area (Å²) in [4.78, 5) is 21.4. The molecule has 0 spiro atoms. The Balaban J connectivity index is 1.52. The predicted molar refractivity (Wildman–Crippen MR) is 116 cm³/mol. The van der Waals surface area contributed by atoms with Crippen molar-refractivity contribution in [3.8, 4) is 0 Å². The normalized spacial score (nSPS) is 15.1. The molecule has 1 aliphatic heterocycles. The maximum Gasteiger partial charge on any atom is 0.242 e. The number of hydrogen-bond acceptors (Lipinski definition) is 3. The van der Waals surface area contributed by atoms with Gasteiger partial charge in [-0.1, -0.05) is 23.7 Å². The van der Waals surface area contributed by atoms with Crippen molar-refractivity contribution in [3.05, 3.63) is 52.3 Å². The molecule has 0 aliphatic carbocycles. The van der Waals surface area contributed by atoms with E-state index in [1.165, 1.54) is 5.56 Å². The molecule has 3 rings (SSSR count). The van der Waals surface area contributed by atoms with Gasteiger partial charge in [0.1, 0.15) is 0 Å². The van der Waals surface area contributed by atoms with Gasteiger partial charge in [0.05, 0.1) is 12.7 Å². The fraction of sp³-hybridized carbons (Fsp3) is 0.476. The highest BCUT2D eigenvalue weighted by Gasteiger charge is 2.25. The Labute approximate surface area is 177 Å². The third-order valence-corrected chi connectivity index (χ3v) is 5.29. The van der Waals surface area contributed by atoms with Crippen molar-refractivity contribution in [2.24, 2.45) is 4.99 Å². The summed E-state index contributed by atoms with van der Waals surface area (Å²) in [5.74, 6) is 0.932. The number of hydrogen-bond donors (Lipinski definition) is 2. The van der Waals surface area contributed by atoms with Crippen LogP contribution < -0.4 is 5.32 Å². The molecule has 2 aromatic rings. The summed E-state index contributed by atoms with van der Waals surface area (Å²) in [6, 6.07) is 7.65. The van der Waals surface area contributed by atoms with Crippen LogP contribution in [0.15, 0.2) is 35.5 Å². The first-order valence-corrected chi connectivity index (χ1v) is 10.5. The third kappa shape index (κ3) is 5.97. The molecule has 0 radical (unpaired) electrons. The molecule has 2 heterocycles. The average molecular weight is 417 g/mol. The largest absolute Gasteiger partial charge is 0.357 e. The van der Waals surface area contributed by atoms with Gasteiger partial charge in [0.15, 0.2) is 5.96 Å². The summed E-state index contributed by atoms with van der Waals surface area (Å²) in [5.41, 5.74) is 3.44. The number of H-pyrrole nitrogens is 1. The topological polar surface area (TPSA) is 76.6 Å². The SMILES string of the molecule is CCNC(=NCCCc1cn[nH]c1C)N1CCN(Cc2ccc(Cl)cc2)C(=O)C1. The van der Waals surface area contributed by atoms with Crippen molar-refractivity contribution in [1.82, 2.24) is 25.3 Å². The summed E-state index contributed by atoms with van der Waals surface area (Å²) in [5, 5.41) is 11.1. The standard InChI is InChI=1S/C21H29ClN6O/c1-3-23-21(24-10-4-5-18-13-25-26-16(18)2)28-12-11-27(20(29)15-28)14-17-6-8-19(22)9-7-17/h6-9,13H,3-5,10-12,14-15H2,1-2H3,(H,23,24)(H,25,26).